The second-order valence-corrected chi connectivity index (χ2v) is 10.4. The number of nitrogens with zero attached hydrogens (tertiary/aromatic N) is 1. The van der Waals surface area contributed by atoms with Crippen molar-refractivity contribution in [2.75, 3.05) is 11.4 Å². The summed E-state index contributed by atoms with van der Waals surface area (Å²) >= 11 is 1.58. The molecule has 1 aromatic carbocycles. The number of fused-ring (bicyclic) bond motifs is 3. The molecular formula is C26H32N2O2S. The van der Waals surface area contributed by atoms with E-state index in [1.165, 1.54) is 44.1 Å². The molecule has 2 saturated carbocycles. The van der Waals surface area contributed by atoms with Crippen LogP contribution in [0.15, 0.2) is 30.3 Å². The number of carbonyl (C=O) groups is 2. The smallest absolute Gasteiger partial charge is 0.261 e. The third kappa shape index (κ3) is 4.57. The summed E-state index contributed by atoms with van der Waals surface area (Å²) in [6.07, 6.45) is 12.5. The number of thiophene rings is 1. The molecule has 0 bridgehead atoms. The Balaban J connectivity index is 1.42. The molecule has 2 heterocycles. The van der Waals surface area contributed by atoms with Gasteiger partial charge in [-0.1, -0.05) is 56.7 Å². The summed E-state index contributed by atoms with van der Waals surface area (Å²) < 4.78 is 0. The highest BCUT2D eigenvalue weighted by Crippen LogP contribution is 2.42. The number of benzene rings is 1. The zero-order valence-electron chi connectivity index (χ0n) is 18.2. The largest absolute Gasteiger partial charge is 0.349 e. The highest BCUT2D eigenvalue weighted by molar-refractivity contribution is 7.17. The third-order valence-corrected chi connectivity index (χ3v) is 8.17. The van der Waals surface area contributed by atoms with Gasteiger partial charge in [-0.05, 0) is 49.8 Å². The highest BCUT2D eigenvalue weighted by atomic mass is 32.1. The van der Waals surface area contributed by atoms with Gasteiger partial charge in [0.25, 0.3) is 5.91 Å². The molecule has 31 heavy (non-hydrogen) atoms. The Morgan fingerprint density at radius 3 is 2.39 bits per heavy atom. The van der Waals surface area contributed by atoms with Gasteiger partial charge >= 0.3 is 0 Å². The van der Waals surface area contributed by atoms with Gasteiger partial charge in [0.05, 0.1) is 10.6 Å². The van der Waals surface area contributed by atoms with Crippen LogP contribution >= 0.6 is 11.3 Å². The minimum absolute atomic E-state index is 0.0524. The van der Waals surface area contributed by atoms with Gasteiger partial charge in [0.15, 0.2) is 0 Å². The van der Waals surface area contributed by atoms with Crippen molar-refractivity contribution in [1.82, 2.24) is 5.32 Å². The van der Waals surface area contributed by atoms with Gasteiger partial charge in [0, 0.05) is 28.9 Å². The molecule has 2 aliphatic carbocycles. The maximum absolute atomic E-state index is 13.7. The number of anilines is 1. The molecule has 1 aliphatic heterocycles. The van der Waals surface area contributed by atoms with Crippen molar-refractivity contribution in [3.8, 4) is 10.4 Å². The number of amides is 2. The standard InChI is InChI=1S/C26H32N2O2S/c29-25(27-20-13-14-20)23-17-19-15-16-28(22-12-8-7-11-21(22)24(19)31-23)26(30)18-9-5-3-1-2-4-6-10-18/h7-8,11-12,17-18,20H,1-6,9-10,13-16H2,(H,27,29). The molecule has 164 valence electrons. The lowest BCUT2D eigenvalue weighted by atomic mass is 9.95. The van der Waals surface area contributed by atoms with Gasteiger partial charge in [-0.2, -0.15) is 0 Å². The molecule has 2 amide bonds. The van der Waals surface area contributed by atoms with E-state index in [1.807, 2.05) is 12.1 Å². The Bertz CT molecular complexity index is 952. The quantitative estimate of drug-likeness (QED) is 0.647. The molecule has 5 heteroatoms. The second-order valence-electron chi connectivity index (χ2n) is 9.37. The molecule has 3 aliphatic rings. The topological polar surface area (TPSA) is 49.4 Å². The van der Waals surface area contributed by atoms with Crippen LogP contribution in [0.25, 0.3) is 10.4 Å². The lowest BCUT2D eigenvalue weighted by Gasteiger charge is -2.27. The maximum atomic E-state index is 13.7. The normalized spacial score (nSPS) is 19.9. The van der Waals surface area contributed by atoms with Crippen molar-refractivity contribution < 1.29 is 9.59 Å². The van der Waals surface area contributed by atoms with Crippen LogP contribution in [0.3, 0.4) is 0 Å². The van der Waals surface area contributed by atoms with Crippen LogP contribution in [0.1, 0.15) is 79.4 Å². The van der Waals surface area contributed by atoms with Crippen LogP contribution in [0.5, 0.6) is 0 Å². The van der Waals surface area contributed by atoms with E-state index in [2.05, 4.69) is 28.4 Å². The fraction of sp³-hybridized carbons (Fsp3) is 0.538. The molecule has 2 fully saturated rings. The van der Waals surface area contributed by atoms with E-state index in [-0.39, 0.29) is 11.8 Å². The number of para-hydroxylation sites is 1. The molecule has 0 unspecified atom stereocenters. The van der Waals surface area contributed by atoms with Crippen LogP contribution < -0.4 is 10.2 Å². The zero-order chi connectivity index (χ0) is 21.2. The summed E-state index contributed by atoms with van der Waals surface area (Å²) in [4.78, 5) is 30.3. The van der Waals surface area contributed by atoms with E-state index in [0.717, 1.165) is 53.1 Å². The molecule has 1 aromatic heterocycles. The maximum Gasteiger partial charge on any atom is 0.261 e. The monoisotopic (exact) mass is 436 g/mol. The molecule has 0 spiro atoms. The number of hydrogen-bond acceptors (Lipinski definition) is 3. The Hall–Kier alpha value is -2.14. The van der Waals surface area contributed by atoms with Gasteiger partial charge in [0.2, 0.25) is 5.91 Å². The lowest BCUT2D eigenvalue weighted by molar-refractivity contribution is -0.122. The SMILES string of the molecule is O=C(NC1CC1)c1cc2c(s1)-c1ccccc1N(C(=O)C1CCCCCCCC1)CC2. The van der Waals surface area contributed by atoms with E-state index in [0.29, 0.717) is 18.5 Å². The van der Waals surface area contributed by atoms with Gasteiger partial charge in [-0.3, -0.25) is 9.59 Å². The fourth-order valence-corrected chi connectivity index (χ4v) is 6.17. The predicted molar refractivity (Wildman–Crippen MR) is 127 cm³/mol. The van der Waals surface area contributed by atoms with Crippen molar-refractivity contribution in [1.29, 1.82) is 0 Å². The van der Waals surface area contributed by atoms with Crippen molar-refractivity contribution in [3.05, 3.63) is 40.8 Å². The fourth-order valence-electron chi connectivity index (χ4n) is 5.02. The highest BCUT2D eigenvalue weighted by Gasteiger charge is 2.31. The summed E-state index contributed by atoms with van der Waals surface area (Å²) in [5.74, 6) is 0.495. The number of hydrogen-bond donors (Lipinski definition) is 1. The van der Waals surface area contributed by atoms with Crippen LogP contribution in [0.4, 0.5) is 5.69 Å². The average molecular weight is 437 g/mol. The molecule has 2 aromatic rings. The van der Waals surface area contributed by atoms with Gasteiger partial charge in [0.1, 0.15) is 0 Å². The van der Waals surface area contributed by atoms with E-state index in [9.17, 15) is 9.59 Å². The van der Waals surface area contributed by atoms with E-state index in [1.54, 1.807) is 11.3 Å². The first-order valence-electron chi connectivity index (χ1n) is 12.0. The minimum atomic E-state index is 0.0524. The van der Waals surface area contributed by atoms with E-state index >= 15 is 0 Å². The van der Waals surface area contributed by atoms with Crippen LogP contribution in [-0.4, -0.2) is 24.4 Å². The van der Waals surface area contributed by atoms with Gasteiger partial charge in [-0.15, -0.1) is 11.3 Å². The third-order valence-electron chi connectivity index (χ3n) is 6.96. The van der Waals surface area contributed by atoms with Crippen molar-refractivity contribution in [3.63, 3.8) is 0 Å². The lowest BCUT2D eigenvalue weighted by Crippen LogP contribution is -2.37. The Morgan fingerprint density at radius 1 is 0.935 bits per heavy atom. The van der Waals surface area contributed by atoms with Crippen LogP contribution in [-0.2, 0) is 11.2 Å². The first-order valence-corrected chi connectivity index (χ1v) is 12.9. The minimum Gasteiger partial charge on any atom is -0.349 e. The second kappa shape index (κ2) is 9.15. The van der Waals surface area contributed by atoms with Gasteiger partial charge < -0.3 is 10.2 Å². The molecule has 1 N–H and O–H groups in total. The molecule has 0 radical (unpaired) electrons. The summed E-state index contributed by atoms with van der Waals surface area (Å²) in [5, 5.41) is 3.11. The number of rotatable bonds is 3. The summed E-state index contributed by atoms with van der Waals surface area (Å²) in [5.41, 5.74) is 3.31. The number of nitrogens with one attached hydrogen (secondary N) is 1. The summed E-state index contributed by atoms with van der Waals surface area (Å²) in [6.45, 7) is 0.694. The summed E-state index contributed by atoms with van der Waals surface area (Å²) in [6, 6.07) is 10.7. The van der Waals surface area contributed by atoms with E-state index < -0.39 is 0 Å². The zero-order valence-corrected chi connectivity index (χ0v) is 19.0. The van der Waals surface area contributed by atoms with Crippen molar-refractivity contribution >= 4 is 28.8 Å². The first-order chi connectivity index (χ1) is 15.2. The van der Waals surface area contributed by atoms with Crippen molar-refractivity contribution in [2.45, 2.75) is 76.7 Å². The molecular weight excluding hydrogens is 404 g/mol. The van der Waals surface area contributed by atoms with Crippen LogP contribution in [0, 0.1) is 5.92 Å². The number of carbonyl (C=O) groups excluding carboxylic acids is 2. The first kappa shape index (κ1) is 20.7. The molecule has 0 saturated heterocycles. The summed E-state index contributed by atoms with van der Waals surface area (Å²) in [7, 11) is 0. The molecule has 0 atom stereocenters. The van der Waals surface area contributed by atoms with E-state index in [4.69, 9.17) is 0 Å². The Labute approximate surface area is 189 Å². The average Bonchev–Trinajstić information content (AvgIpc) is 3.49. The van der Waals surface area contributed by atoms with Crippen LogP contribution in [0.2, 0.25) is 0 Å². The Kier molecular flexibility index (Phi) is 6.13. The van der Waals surface area contributed by atoms with Crippen molar-refractivity contribution in [2.24, 2.45) is 5.92 Å². The van der Waals surface area contributed by atoms with Gasteiger partial charge in [-0.25, -0.2) is 0 Å². The predicted octanol–water partition coefficient (Wildman–Crippen LogP) is 5.95. The Morgan fingerprint density at radius 2 is 1.65 bits per heavy atom. The molecule has 4 nitrogen and oxygen atoms in total. The molecule has 5 rings (SSSR count).